The lowest BCUT2D eigenvalue weighted by molar-refractivity contribution is -0.141. The molecule has 0 saturated carbocycles. The molecule has 0 heterocycles. The lowest BCUT2D eigenvalue weighted by Gasteiger charge is -2.31. The lowest BCUT2D eigenvalue weighted by Crippen LogP contribution is -2.49. The van der Waals surface area contributed by atoms with Gasteiger partial charge in [0.05, 0.1) is 11.9 Å². The SMILES string of the molecule is CNC(=O)[C@@H](Cc1ccccc1)N(Cc1ccc(C)cc1)C(=O)CCCN(c1ccc(F)c(F)c1)S(C)(=O)=O. The number of anilines is 1. The number of sulfonamides is 1. The third kappa shape index (κ3) is 8.35. The second kappa shape index (κ2) is 13.3. The average Bonchev–Trinajstić information content (AvgIpc) is 2.90. The normalized spacial score (nSPS) is 12.0. The summed E-state index contributed by atoms with van der Waals surface area (Å²) in [6, 6.07) is 19.0. The lowest BCUT2D eigenvalue weighted by atomic mass is 10.0. The summed E-state index contributed by atoms with van der Waals surface area (Å²) >= 11 is 0. The van der Waals surface area contributed by atoms with Gasteiger partial charge in [0.25, 0.3) is 0 Å². The number of nitrogens with zero attached hydrogens (tertiary/aromatic N) is 2. The average molecular weight is 558 g/mol. The molecule has 7 nitrogen and oxygen atoms in total. The van der Waals surface area contributed by atoms with E-state index in [4.69, 9.17) is 0 Å². The Morgan fingerprint density at radius 2 is 1.59 bits per heavy atom. The van der Waals surface area contributed by atoms with Gasteiger partial charge in [-0.2, -0.15) is 0 Å². The largest absolute Gasteiger partial charge is 0.357 e. The van der Waals surface area contributed by atoms with E-state index in [9.17, 15) is 26.8 Å². The van der Waals surface area contributed by atoms with Crippen molar-refractivity contribution in [3.05, 3.63) is 101 Å². The van der Waals surface area contributed by atoms with Gasteiger partial charge < -0.3 is 10.2 Å². The van der Waals surface area contributed by atoms with Crippen molar-refractivity contribution in [1.29, 1.82) is 0 Å². The molecule has 0 spiro atoms. The first-order valence-corrected chi connectivity index (χ1v) is 14.4. The van der Waals surface area contributed by atoms with Crippen molar-refractivity contribution in [3.63, 3.8) is 0 Å². The van der Waals surface area contributed by atoms with Gasteiger partial charge in [-0.15, -0.1) is 0 Å². The third-order valence-electron chi connectivity index (χ3n) is 6.33. The smallest absolute Gasteiger partial charge is 0.242 e. The molecule has 0 radical (unpaired) electrons. The first kappa shape index (κ1) is 29.8. The Morgan fingerprint density at radius 3 is 2.18 bits per heavy atom. The highest BCUT2D eigenvalue weighted by atomic mass is 32.2. The monoisotopic (exact) mass is 557 g/mol. The zero-order valence-corrected chi connectivity index (χ0v) is 23.0. The van der Waals surface area contributed by atoms with E-state index in [1.165, 1.54) is 18.0 Å². The Balaban J connectivity index is 1.84. The molecule has 3 aromatic carbocycles. The second-order valence-corrected chi connectivity index (χ2v) is 11.3. The van der Waals surface area contributed by atoms with Crippen LogP contribution in [-0.2, 0) is 32.6 Å². The van der Waals surface area contributed by atoms with Crippen LogP contribution in [0.5, 0.6) is 0 Å². The molecule has 3 rings (SSSR count). The van der Waals surface area contributed by atoms with Crippen molar-refractivity contribution < 1.29 is 26.8 Å². The fraction of sp³-hybridized carbons (Fsp3) is 0.310. The number of benzene rings is 3. The summed E-state index contributed by atoms with van der Waals surface area (Å²) in [4.78, 5) is 28.1. The molecule has 2 amide bonds. The Labute approximate surface area is 228 Å². The van der Waals surface area contributed by atoms with E-state index in [0.717, 1.165) is 39.4 Å². The molecule has 0 aliphatic heterocycles. The number of hydrogen-bond acceptors (Lipinski definition) is 4. The van der Waals surface area contributed by atoms with Crippen LogP contribution in [0, 0.1) is 18.6 Å². The third-order valence-corrected chi connectivity index (χ3v) is 7.53. The predicted molar refractivity (Wildman–Crippen MR) is 148 cm³/mol. The fourth-order valence-electron chi connectivity index (χ4n) is 4.25. The fourth-order valence-corrected chi connectivity index (χ4v) is 5.21. The van der Waals surface area contributed by atoms with Gasteiger partial charge in [-0.3, -0.25) is 13.9 Å². The van der Waals surface area contributed by atoms with Crippen LogP contribution >= 0.6 is 0 Å². The van der Waals surface area contributed by atoms with Crippen LogP contribution in [0.25, 0.3) is 0 Å². The number of carbonyl (C=O) groups is 2. The number of aryl methyl sites for hydroxylation is 1. The van der Waals surface area contributed by atoms with Gasteiger partial charge in [-0.1, -0.05) is 60.2 Å². The number of hydrogen-bond donors (Lipinski definition) is 1. The molecule has 1 atom stereocenters. The summed E-state index contributed by atoms with van der Waals surface area (Å²) in [6.07, 6.45) is 1.29. The van der Waals surface area contributed by atoms with Crippen molar-refractivity contribution in [1.82, 2.24) is 10.2 Å². The molecule has 0 aliphatic carbocycles. The van der Waals surface area contributed by atoms with Gasteiger partial charge >= 0.3 is 0 Å². The first-order chi connectivity index (χ1) is 18.5. The maximum absolute atomic E-state index is 13.8. The number of halogens is 2. The summed E-state index contributed by atoms with van der Waals surface area (Å²) in [6.45, 7) is 2.01. The molecule has 0 fully saturated rings. The predicted octanol–water partition coefficient (Wildman–Crippen LogP) is 4.21. The van der Waals surface area contributed by atoms with Crippen LogP contribution < -0.4 is 9.62 Å². The van der Waals surface area contributed by atoms with Gasteiger partial charge in [0, 0.05) is 39.0 Å². The minimum Gasteiger partial charge on any atom is -0.357 e. The van der Waals surface area contributed by atoms with E-state index in [1.807, 2.05) is 61.5 Å². The van der Waals surface area contributed by atoms with E-state index < -0.39 is 27.7 Å². The van der Waals surface area contributed by atoms with Crippen LogP contribution in [0.2, 0.25) is 0 Å². The zero-order valence-electron chi connectivity index (χ0n) is 22.2. The Hall–Kier alpha value is -3.79. The van der Waals surface area contributed by atoms with Crippen LogP contribution in [-0.4, -0.2) is 51.0 Å². The Bertz CT molecular complexity index is 1380. The van der Waals surface area contributed by atoms with Crippen molar-refractivity contribution in [2.75, 3.05) is 24.2 Å². The molecule has 0 saturated heterocycles. The van der Waals surface area contributed by atoms with E-state index in [1.54, 1.807) is 0 Å². The Kier molecular flexibility index (Phi) is 10.2. The molecule has 0 bridgehead atoms. The van der Waals surface area contributed by atoms with Gasteiger partial charge in [0.2, 0.25) is 21.8 Å². The van der Waals surface area contributed by atoms with Gasteiger partial charge in [-0.25, -0.2) is 17.2 Å². The van der Waals surface area contributed by atoms with Crippen LogP contribution in [0.3, 0.4) is 0 Å². The summed E-state index contributed by atoms with van der Waals surface area (Å²) in [5.74, 6) is -2.92. The molecule has 0 aliphatic rings. The number of likely N-dealkylation sites (N-methyl/N-ethyl adjacent to an activating group) is 1. The number of nitrogens with one attached hydrogen (secondary N) is 1. The van der Waals surface area contributed by atoms with Crippen molar-refractivity contribution in [3.8, 4) is 0 Å². The van der Waals surface area contributed by atoms with Gasteiger partial charge in [-0.05, 0) is 36.6 Å². The number of amides is 2. The zero-order chi connectivity index (χ0) is 28.6. The summed E-state index contributed by atoms with van der Waals surface area (Å²) in [5, 5.41) is 2.65. The molecule has 0 unspecified atom stereocenters. The van der Waals surface area contributed by atoms with Crippen LogP contribution in [0.1, 0.15) is 29.5 Å². The molecule has 39 heavy (non-hydrogen) atoms. The quantitative estimate of drug-likeness (QED) is 0.362. The molecule has 208 valence electrons. The minimum atomic E-state index is -3.84. The molecular formula is C29H33F2N3O4S. The molecule has 0 aromatic heterocycles. The summed E-state index contributed by atoms with van der Waals surface area (Å²) in [7, 11) is -2.32. The van der Waals surface area contributed by atoms with E-state index >= 15 is 0 Å². The van der Waals surface area contributed by atoms with Gasteiger partial charge in [0.1, 0.15) is 6.04 Å². The highest BCUT2D eigenvalue weighted by Gasteiger charge is 2.30. The van der Waals surface area contributed by atoms with E-state index in [0.29, 0.717) is 6.42 Å². The highest BCUT2D eigenvalue weighted by molar-refractivity contribution is 7.92. The number of rotatable bonds is 12. The van der Waals surface area contributed by atoms with Crippen molar-refractivity contribution >= 4 is 27.5 Å². The molecule has 10 heteroatoms. The van der Waals surface area contributed by atoms with Crippen molar-refractivity contribution in [2.45, 2.75) is 38.8 Å². The maximum Gasteiger partial charge on any atom is 0.242 e. The van der Waals surface area contributed by atoms with E-state index in [-0.39, 0.29) is 43.4 Å². The van der Waals surface area contributed by atoms with E-state index in [2.05, 4.69) is 5.32 Å². The highest BCUT2D eigenvalue weighted by Crippen LogP contribution is 2.22. The molecule has 1 N–H and O–H groups in total. The topological polar surface area (TPSA) is 86.8 Å². The Morgan fingerprint density at radius 1 is 0.923 bits per heavy atom. The molecular weight excluding hydrogens is 524 g/mol. The molecule has 3 aromatic rings. The summed E-state index contributed by atoms with van der Waals surface area (Å²) < 4.78 is 53.0. The maximum atomic E-state index is 13.8. The van der Waals surface area contributed by atoms with Crippen LogP contribution in [0.15, 0.2) is 72.8 Å². The minimum absolute atomic E-state index is 0.0346. The number of carbonyl (C=O) groups excluding carboxylic acids is 2. The second-order valence-electron chi connectivity index (χ2n) is 9.36. The van der Waals surface area contributed by atoms with Gasteiger partial charge in [0.15, 0.2) is 11.6 Å². The van der Waals surface area contributed by atoms with Crippen LogP contribution in [0.4, 0.5) is 14.5 Å². The van der Waals surface area contributed by atoms with Crippen molar-refractivity contribution in [2.24, 2.45) is 0 Å². The first-order valence-electron chi connectivity index (χ1n) is 12.5. The summed E-state index contributed by atoms with van der Waals surface area (Å²) in [5.41, 5.74) is 2.75. The standard InChI is InChI=1S/C29H33F2N3O4S/c1-21-11-13-23(14-12-21)20-33(27(29(36)32-2)18-22-8-5-4-6-9-22)28(35)10-7-17-34(39(3,37)38)24-15-16-25(30)26(31)19-24/h4-6,8-9,11-16,19,27H,7,10,17-18,20H2,1-3H3,(H,32,36)/t27-/m1/s1.